The van der Waals surface area contributed by atoms with E-state index < -0.39 is 18.3 Å². The van der Waals surface area contributed by atoms with Gasteiger partial charge in [-0.2, -0.15) is 0 Å². The number of aryl methyl sites for hydroxylation is 1. The van der Waals surface area contributed by atoms with Crippen LogP contribution in [0.4, 0.5) is 0 Å². The molecule has 0 saturated carbocycles. The molecule has 1 heterocycles. The summed E-state index contributed by atoms with van der Waals surface area (Å²) in [6.07, 6.45) is 0.666. The van der Waals surface area contributed by atoms with Crippen LogP contribution in [0, 0.1) is 0 Å². The number of phenolic OH excluding ortho intramolecular Hbond substituents is 1. The highest BCUT2D eigenvalue weighted by Crippen LogP contribution is 2.36. The highest BCUT2D eigenvalue weighted by atomic mass is 16.7. The van der Waals surface area contributed by atoms with Gasteiger partial charge in [0.25, 0.3) is 0 Å². The van der Waals surface area contributed by atoms with Crippen molar-refractivity contribution in [2.45, 2.75) is 51.7 Å². The molecule has 0 aliphatic carbocycles. The number of hydrogen-bond acceptors (Lipinski definition) is 4. The number of rotatable bonds is 4. The highest BCUT2D eigenvalue weighted by Gasteiger charge is 2.52. The van der Waals surface area contributed by atoms with Crippen molar-refractivity contribution in [2.75, 3.05) is 0 Å². The normalized spacial score (nSPS) is 19.7. The lowest BCUT2D eigenvalue weighted by Crippen LogP contribution is -2.41. The van der Waals surface area contributed by atoms with E-state index in [9.17, 15) is 9.90 Å². The fraction of sp³-hybridized carbons (Fsp3) is 0.533. The molecule has 1 amide bonds. The molecular formula is C15H22BNO4. The molecule has 0 bridgehead atoms. The molecule has 3 N–H and O–H groups in total. The SMILES string of the molecule is CC1(C)OB(c2ccc(O)cc2CCC(N)=O)OC1(C)C. The summed E-state index contributed by atoms with van der Waals surface area (Å²) in [4.78, 5) is 11.0. The van der Waals surface area contributed by atoms with Gasteiger partial charge in [-0.3, -0.25) is 4.79 Å². The molecule has 0 atom stereocenters. The molecule has 1 aliphatic heterocycles. The van der Waals surface area contributed by atoms with Crippen molar-refractivity contribution in [1.82, 2.24) is 0 Å². The molecular weight excluding hydrogens is 269 g/mol. The lowest BCUT2D eigenvalue weighted by Gasteiger charge is -2.32. The Bertz CT molecular complexity index is 541. The molecule has 1 aromatic carbocycles. The topological polar surface area (TPSA) is 81.8 Å². The van der Waals surface area contributed by atoms with E-state index in [4.69, 9.17) is 15.0 Å². The molecule has 114 valence electrons. The molecule has 2 rings (SSSR count). The molecule has 0 unspecified atom stereocenters. The van der Waals surface area contributed by atoms with E-state index in [-0.39, 0.29) is 18.1 Å². The van der Waals surface area contributed by atoms with Gasteiger partial charge in [-0.1, -0.05) is 6.07 Å². The van der Waals surface area contributed by atoms with E-state index in [0.717, 1.165) is 11.0 Å². The number of nitrogens with two attached hydrogens (primary N) is 1. The molecule has 1 fully saturated rings. The fourth-order valence-corrected chi connectivity index (χ4v) is 2.27. The summed E-state index contributed by atoms with van der Waals surface area (Å²) in [6.45, 7) is 7.93. The Kier molecular flexibility index (Phi) is 4.04. The van der Waals surface area contributed by atoms with Crippen molar-refractivity contribution in [3.63, 3.8) is 0 Å². The van der Waals surface area contributed by atoms with Gasteiger partial charge in [0.15, 0.2) is 0 Å². The van der Waals surface area contributed by atoms with Crippen LogP contribution in [-0.4, -0.2) is 29.3 Å². The number of carbonyl (C=O) groups excluding carboxylic acids is 1. The first-order valence-electron chi connectivity index (χ1n) is 7.08. The van der Waals surface area contributed by atoms with Crippen molar-refractivity contribution in [2.24, 2.45) is 5.73 Å². The molecule has 5 nitrogen and oxygen atoms in total. The van der Waals surface area contributed by atoms with Crippen LogP contribution in [-0.2, 0) is 20.5 Å². The van der Waals surface area contributed by atoms with Gasteiger partial charge >= 0.3 is 7.12 Å². The quantitative estimate of drug-likeness (QED) is 0.814. The van der Waals surface area contributed by atoms with Crippen LogP contribution in [0.2, 0.25) is 0 Å². The monoisotopic (exact) mass is 291 g/mol. The lowest BCUT2D eigenvalue weighted by molar-refractivity contribution is -0.117. The molecule has 6 heteroatoms. The molecule has 0 aromatic heterocycles. The molecule has 1 aliphatic rings. The second kappa shape index (κ2) is 5.35. The third kappa shape index (κ3) is 3.22. The Morgan fingerprint density at radius 2 is 1.81 bits per heavy atom. The Morgan fingerprint density at radius 3 is 2.33 bits per heavy atom. The van der Waals surface area contributed by atoms with E-state index in [1.165, 1.54) is 0 Å². The fourth-order valence-electron chi connectivity index (χ4n) is 2.27. The van der Waals surface area contributed by atoms with E-state index in [1.54, 1.807) is 18.2 Å². The number of hydrogen-bond donors (Lipinski definition) is 2. The summed E-state index contributed by atoms with van der Waals surface area (Å²) in [5, 5.41) is 9.65. The van der Waals surface area contributed by atoms with Crippen molar-refractivity contribution in [1.29, 1.82) is 0 Å². The van der Waals surface area contributed by atoms with Gasteiger partial charge in [-0.05, 0) is 57.3 Å². The first-order valence-corrected chi connectivity index (χ1v) is 7.08. The second-order valence-corrected chi connectivity index (χ2v) is 6.44. The van der Waals surface area contributed by atoms with E-state index >= 15 is 0 Å². The smallest absolute Gasteiger partial charge is 0.495 e. The number of aromatic hydroxyl groups is 1. The Balaban J connectivity index is 2.30. The summed E-state index contributed by atoms with van der Waals surface area (Å²) in [5.74, 6) is -0.229. The van der Waals surface area contributed by atoms with Crippen molar-refractivity contribution < 1.29 is 19.2 Å². The van der Waals surface area contributed by atoms with Crippen LogP contribution < -0.4 is 11.2 Å². The van der Waals surface area contributed by atoms with Gasteiger partial charge in [0.1, 0.15) is 5.75 Å². The standard InChI is InChI=1S/C15H22BNO4/c1-14(2)15(3,4)21-16(20-14)12-7-6-11(18)9-10(12)5-8-13(17)19/h6-7,9,18H,5,8H2,1-4H3,(H2,17,19). The minimum absolute atomic E-state index is 0.148. The summed E-state index contributed by atoms with van der Waals surface area (Å²) < 4.78 is 12.0. The van der Waals surface area contributed by atoms with Crippen LogP contribution in [0.1, 0.15) is 39.7 Å². The number of carbonyl (C=O) groups is 1. The minimum atomic E-state index is -0.515. The van der Waals surface area contributed by atoms with Crippen LogP contribution in [0.5, 0.6) is 5.75 Å². The molecule has 1 aromatic rings. The molecule has 0 spiro atoms. The van der Waals surface area contributed by atoms with E-state index in [1.807, 2.05) is 27.7 Å². The third-order valence-electron chi connectivity index (χ3n) is 4.27. The van der Waals surface area contributed by atoms with Crippen molar-refractivity contribution in [3.8, 4) is 5.75 Å². The number of benzene rings is 1. The number of primary amides is 1. The maximum Gasteiger partial charge on any atom is 0.495 e. The maximum atomic E-state index is 11.0. The summed E-state index contributed by atoms with van der Waals surface area (Å²) in [6, 6.07) is 4.99. The summed E-state index contributed by atoms with van der Waals surface area (Å²) >= 11 is 0. The van der Waals surface area contributed by atoms with Gasteiger partial charge in [0.2, 0.25) is 5.91 Å². The summed E-state index contributed by atoms with van der Waals surface area (Å²) in [7, 11) is -0.515. The Labute approximate surface area is 125 Å². The van der Waals surface area contributed by atoms with Gasteiger partial charge in [-0.15, -0.1) is 0 Å². The number of amides is 1. The zero-order chi connectivity index (χ0) is 15.8. The number of phenols is 1. The van der Waals surface area contributed by atoms with Gasteiger partial charge in [0.05, 0.1) is 11.2 Å². The van der Waals surface area contributed by atoms with Crippen LogP contribution in [0.3, 0.4) is 0 Å². The first-order chi connectivity index (χ1) is 9.62. The van der Waals surface area contributed by atoms with E-state index in [0.29, 0.717) is 6.42 Å². The van der Waals surface area contributed by atoms with Crippen molar-refractivity contribution >= 4 is 18.5 Å². The highest BCUT2D eigenvalue weighted by molar-refractivity contribution is 6.62. The predicted molar refractivity (Wildman–Crippen MR) is 81.3 cm³/mol. The average molecular weight is 291 g/mol. The molecule has 1 saturated heterocycles. The van der Waals surface area contributed by atoms with Crippen LogP contribution in [0.25, 0.3) is 0 Å². The Hall–Kier alpha value is -1.53. The zero-order valence-electron chi connectivity index (χ0n) is 13.0. The van der Waals surface area contributed by atoms with Crippen LogP contribution in [0.15, 0.2) is 18.2 Å². The molecule has 21 heavy (non-hydrogen) atoms. The van der Waals surface area contributed by atoms with Gasteiger partial charge in [0, 0.05) is 6.42 Å². The van der Waals surface area contributed by atoms with Crippen molar-refractivity contribution in [3.05, 3.63) is 23.8 Å². The van der Waals surface area contributed by atoms with Gasteiger partial charge in [-0.25, -0.2) is 0 Å². The predicted octanol–water partition coefficient (Wildman–Crippen LogP) is 1.11. The van der Waals surface area contributed by atoms with E-state index in [2.05, 4.69) is 0 Å². The van der Waals surface area contributed by atoms with Gasteiger partial charge < -0.3 is 20.1 Å². The minimum Gasteiger partial charge on any atom is -0.508 e. The molecule has 0 radical (unpaired) electrons. The maximum absolute atomic E-state index is 11.0. The second-order valence-electron chi connectivity index (χ2n) is 6.44. The largest absolute Gasteiger partial charge is 0.508 e. The zero-order valence-corrected chi connectivity index (χ0v) is 13.0. The third-order valence-corrected chi connectivity index (χ3v) is 4.27. The summed E-state index contributed by atoms with van der Waals surface area (Å²) in [5.41, 5.74) is 5.97. The Morgan fingerprint density at radius 1 is 1.24 bits per heavy atom. The van der Waals surface area contributed by atoms with Crippen LogP contribution >= 0.6 is 0 Å². The average Bonchev–Trinajstić information content (AvgIpc) is 2.55. The lowest BCUT2D eigenvalue weighted by atomic mass is 9.75. The first kappa shape index (κ1) is 15.9.